The number of aryl methyl sites for hydroxylation is 2. The lowest BCUT2D eigenvalue weighted by atomic mass is 10.1. The number of nitrogens with zero attached hydrogens (tertiary/aromatic N) is 5. The van der Waals surface area contributed by atoms with Crippen LogP contribution in [-0.2, 0) is 11.3 Å². The average Bonchev–Trinajstić information content (AvgIpc) is 2.93. The Morgan fingerprint density at radius 2 is 2.25 bits per heavy atom. The highest BCUT2D eigenvalue weighted by Crippen LogP contribution is 2.18. The number of hydrogen-bond donors (Lipinski definition) is 0. The van der Waals surface area contributed by atoms with Crippen molar-refractivity contribution in [2.75, 3.05) is 37.7 Å². The molecule has 0 aliphatic carbocycles. The van der Waals surface area contributed by atoms with Gasteiger partial charge in [-0.15, -0.1) is 5.10 Å². The van der Waals surface area contributed by atoms with Crippen molar-refractivity contribution in [3.63, 3.8) is 0 Å². The minimum absolute atomic E-state index is 0.154. The van der Waals surface area contributed by atoms with E-state index in [0.29, 0.717) is 0 Å². The second-order valence-electron chi connectivity index (χ2n) is 6.15. The lowest BCUT2D eigenvalue weighted by Crippen LogP contribution is -2.47. The zero-order valence-electron chi connectivity index (χ0n) is 14.6. The van der Waals surface area contributed by atoms with Crippen LogP contribution >= 0.6 is 0 Å². The molecule has 3 rings (SSSR count). The fourth-order valence-corrected chi connectivity index (χ4v) is 3.08. The van der Waals surface area contributed by atoms with Crippen LogP contribution in [0.15, 0.2) is 22.9 Å². The Morgan fingerprint density at radius 3 is 2.92 bits per heavy atom. The van der Waals surface area contributed by atoms with E-state index in [-0.39, 0.29) is 6.10 Å². The number of hydrogen-bond acceptors (Lipinski definition) is 7. The summed E-state index contributed by atoms with van der Waals surface area (Å²) in [4.78, 5) is 4.61. The molecule has 1 saturated heterocycles. The molecule has 1 fully saturated rings. The Morgan fingerprint density at radius 1 is 1.38 bits per heavy atom. The molecule has 2 aromatic rings. The van der Waals surface area contributed by atoms with Crippen LogP contribution in [0.2, 0.25) is 0 Å². The topological polar surface area (TPSA) is 67.5 Å². The molecule has 24 heavy (non-hydrogen) atoms. The molecule has 0 N–H and O–H groups in total. The van der Waals surface area contributed by atoms with Gasteiger partial charge in [0, 0.05) is 44.5 Å². The van der Waals surface area contributed by atoms with Crippen LogP contribution in [0.1, 0.15) is 23.9 Å². The smallest absolute Gasteiger partial charge is 0.151 e. The molecule has 0 amide bonds. The van der Waals surface area contributed by atoms with E-state index in [4.69, 9.17) is 9.26 Å². The van der Waals surface area contributed by atoms with Gasteiger partial charge >= 0.3 is 0 Å². The standard InChI is InChI=1S/C17H25N5O2/c1-4-22(17-6-5-7-18-19-17)11-15-10-21(8-9-23-15)12-16-13(2)20-24-14(16)3/h5-7,15H,4,8-12H2,1-3H3/t15-/m1/s1. The fourth-order valence-electron chi connectivity index (χ4n) is 3.08. The molecular weight excluding hydrogens is 306 g/mol. The maximum atomic E-state index is 5.97. The zero-order valence-corrected chi connectivity index (χ0v) is 14.6. The summed E-state index contributed by atoms with van der Waals surface area (Å²) in [5.74, 6) is 1.80. The molecule has 130 valence electrons. The number of ether oxygens (including phenoxy) is 1. The second kappa shape index (κ2) is 7.72. The van der Waals surface area contributed by atoms with Crippen LogP contribution < -0.4 is 4.90 Å². The highest BCUT2D eigenvalue weighted by molar-refractivity contribution is 5.36. The SMILES string of the molecule is CCN(C[C@H]1CN(Cc2c(C)noc2C)CCO1)c1cccnn1. The maximum absolute atomic E-state index is 5.97. The summed E-state index contributed by atoms with van der Waals surface area (Å²) < 4.78 is 11.2. The van der Waals surface area contributed by atoms with E-state index in [1.165, 1.54) is 5.56 Å². The van der Waals surface area contributed by atoms with Crippen molar-refractivity contribution in [3.8, 4) is 0 Å². The number of likely N-dealkylation sites (N-methyl/N-ethyl adjacent to an activating group) is 1. The van der Waals surface area contributed by atoms with Crippen LogP contribution in [-0.4, -0.2) is 59.1 Å². The summed E-state index contributed by atoms with van der Waals surface area (Å²) in [6.45, 7) is 11.2. The summed E-state index contributed by atoms with van der Waals surface area (Å²) >= 11 is 0. The molecule has 2 aromatic heterocycles. The van der Waals surface area contributed by atoms with E-state index >= 15 is 0 Å². The van der Waals surface area contributed by atoms with Gasteiger partial charge in [-0.2, -0.15) is 5.10 Å². The Balaban J connectivity index is 1.61. The summed E-state index contributed by atoms with van der Waals surface area (Å²) in [5.41, 5.74) is 2.17. The summed E-state index contributed by atoms with van der Waals surface area (Å²) in [5, 5.41) is 12.2. The van der Waals surface area contributed by atoms with Crippen LogP contribution in [0.4, 0.5) is 5.82 Å². The van der Waals surface area contributed by atoms with E-state index in [0.717, 1.165) is 56.6 Å². The highest BCUT2D eigenvalue weighted by atomic mass is 16.5. The normalized spacial score (nSPS) is 18.7. The lowest BCUT2D eigenvalue weighted by Gasteiger charge is -2.35. The van der Waals surface area contributed by atoms with Gasteiger partial charge in [0.15, 0.2) is 5.82 Å². The average molecular weight is 331 g/mol. The van der Waals surface area contributed by atoms with E-state index in [9.17, 15) is 0 Å². The largest absolute Gasteiger partial charge is 0.374 e. The first-order valence-electron chi connectivity index (χ1n) is 8.45. The van der Waals surface area contributed by atoms with Crippen LogP contribution in [0, 0.1) is 13.8 Å². The maximum Gasteiger partial charge on any atom is 0.151 e. The van der Waals surface area contributed by atoms with E-state index < -0.39 is 0 Å². The molecule has 0 saturated carbocycles. The van der Waals surface area contributed by atoms with Gasteiger partial charge in [0.05, 0.1) is 18.4 Å². The van der Waals surface area contributed by atoms with Crippen molar-refractivity contribution < 1.29 is 9.26 Å². The zero-order chi connectivity index (χ0) is 16.9. The Kier molecular flexibility index (Phi) is 5.42. The van der Waals surface area contributed by atoms with Crippen molar-refractivity contribution >= 4 is 5.82 Å². The highest BCUT2D eigenvalue weighted by Gasteiger charge is 2.24. The van der Waals surface area contributed by atoms with Gasteiger partial charge < -0.3 is 14.2 Å². The third kappa shape index (κ3) is 3.91. The van der Waals surface area contributed by atoms with Crippen LogP contribution in [0.5, 0.6) is 0 Å². The van der Waals surface area contributed by atoms with E-state index in [1.807, 2.05) is 26.0 Å². The Hall–Kier alpha value is -1.99. The van der Waals surface area contributed by atoms with E-state index in [2.05, 4.69) is 32.1 Å². The third-order valence-corrected chi connectivity index (χ3v) is 4.47. The van der Waals surface area contributed by atoms with Gasteiger partial charge in [0.1, 0.15) is 5.76 Å². The van der Waals surface area contributed by atoms with Gasteiger partial charge in [-0.25, -0.2) is 0 Å². The van der Waals surface area contributed by atoms with Crippen LogP contribution in [0.25, 0.3) is 0 Å². The summed E-state index contributed by atoms with van der Waals surface area (Å²) in [7, 11) is 0. The van der Waals surface area contributed by atoms with Gasteiger partial charge in [-0.05, 0) is 32.9 Å². The number of anilines is 1. The van der Waals surface area contributed by atoms with Gasteiger partial charge in [0.25, 0.3) is 0 Å². The van der Waals surface area contributed by atoms with Gasteiger partial charge in [-0.1, -0.05) is 5.16 Å². The molecule has 7 nitrogen and oxygen atoms in total. The number of rotatable bonds is 6. The molecule has 0 radical (unpaired) electrons. The summed E-state index contributed by atoms with van der Waals surface area (Å²) in [6.07, 6.45) is 1.85. The number of morpholine rings is 1. The van der Waals surface area contributed by atoms with E-state index in [1.54, 1.807) is 6.20 Å². The number of aromatic nitrogens is 3. The third-order valence-electron chi connectivity index (χ3n) is 4.47. The van der Waals surface area contributed by atoms with Crippen molar-refractivity contribution in [2.24, 2.45) is 0 Å². The lowest BCUT2D eigenvalue weighted by molar-refractivity contribution is -0.0270. The van der Waals surface area contributed by atoms with Crippen LogP contribution in [0.3, 0.4) is 0 Å². The molecule has 1 aliphatic heterocycles. The minimum atomic E-state index is 0.154. The first-order chi connectivity index (χ1) is 11.7. The predicted octanol–water partition coefficient (Wildman–Crippen LogP) is 1.81. The first kappa shape index (κ1) is 16.9. The predicted molar refractivity (Wildman–Crippen MR) is 90.9 cm³/mol. The monoisotopic (exact) mass is 331 g/mol. The molecule has 1 atom stereocenters. The Labute approximate surface area is 142 Å². The molecule has 3 heterocycles. The van der Waals surface area contributed by atoms with Crippen molar-refractivity contribution in [1.29, 1.82) is 0 Å². The quantitative estimate of drug-likeness (QED) is 0.799. The van der Waals surface area contributed by atoms with Gasteiger partial charge in [0.2, 0.25) is 0 Å². The van der Waals surface area contributed by atoms with Crippen molar-refractivity contribution in [3.05, 3.63) is 35.3 Å². The molecule has 7 heteroatoms. The molecule has 0 spiro atoms. The Bertz CT molecular complexity index is 626. The summed E-state index contributed by atoms with van der Waals surface area (Å²) in [6, 6.07) is 3.90. The molecule has 0 bridgehead atoms. The van der Waals surface area contributed by atoms with Gasteiger partial charge in [-0.3, -0.25) is 4.90 Å². The van der Waals surface area contributed by atoms with Crippen molar-refractivity contribution in [2.45, 2.75) is 33.4 Å². The first-order valence-corrected chi connectivity index (χ1v) is 8.45. The molecular formula is C17H25N5O2. The molecule has 0 aromatic carbocycles. The minimum Gasteiger partial charge on any atom is -0.374 e. The molecule has 1 aliphatic rings. The fraction of sp³-hybridized carbons (Fsp3) is 0.588. The molecule has 0 unspecified atom stereocenters. The second-order valence-corrected chi connectivity index (χ2v) is 6.15. The van der Waals surface area contributed by atoms with Crippen molar-refractivity contribution in [1.82, 2.24) is 20.3 Å².